The van der Waals surface area contributed by atoms with Crippen LogP contribution < -0.4 is 10.6 Å². The summed E-state index contributed by atoms with van der Waals surface area (Å²) in [7, 11) is 0.418. The normalized spacial score (nSPS) is 30.3. The molecule has 2 fully saturated rings. The van der Waals surface area contributed by atoms with Gasteiger partial charge in [0.1, 0.15) is 0 Å². The van der Waals surface area contributed by atoms with E-state index in [9.17, 15) is 9.59 Å². The Morgan fingerprint density at radius 3 is 2.70 bits per heavy atom. The van der Waals surface area contributed by atoms with E-state index in [0.717, 1.165) is 19.4 Å². The molecule has 0 aliphatic carbocycles. The third kappa shape index (κ3) is 5.13. The van der Waals surface area contributed by atoms with Crippen LogP contribution in [0.3, 0.4) is 0 Å². The quantitative estimate of drug-likeness (QED) is 0.616. The minimum Gasteiger partial charge on any atom is -0.481 e. The van der Waals surface area contributed by atoms with Crippen molar-refractivity contribution in [3.63, 3.8) is 0 Å². The number of piperidine rings is 1. The van der Waals surface area contributed by atoms with Gasteiger partial charge in [-0.25, -0.2) is 0 Å². The number of nitrogens with one attached hydrogen (secondary N) is 2. The zero-order valence-electron chi connectivity index (χ0n) is 11.8. The van der Waals surface area contributed by atoms with Crippen molar-refractivity contribution in [2.45, 2.75) is 63.0 Å². The molecule has 2 aliphatic rings. The summed E-state index contributed by atoms with van der Waals surface area (Å²) in [6, 6.07) is 0.299. The van der Waals surface area contributed by atoms with E-state index in [-0.39, 0.29) is 24.4 Å². The lowest BCUT2D eigenvalue weighted by Gasteiger charge is -2.29. The first-order chi connectivity index (χ1) is 9.63. The van der Waals surface area contributed by atoms with Gasteiger partial charge in [-0.3, -0.25) is 9.59 Å². The number of hydrogen-bond acceptors (Lipinski definition) is 4. The number of carbonyl (C=O) groups excluding carboxylic acids is 1. The SMILES string of the molecule is O=C(O)C[C@@H]1CC[C@H](NC(=O)C[C@@H]2CCCCN2)BO1. The van der Waals surface area contributed by atoms with Crippen molar-refractivity contribution in [2.24, 2.45) is 0 Å². The maximum absolute atomic E-state index is 11.9. The number of carboxylic acids is 1. The second-order valence-electron chi connectivity index (χ2n) is 5.75. The van der Waals surface area contributed by atoms with Crippen molar-refractivity contribution >= 4 is 19.4 Å². The lowest BCUT2D eigenvalue weighted by Crippen LogP contribution is -2.47. The Kier molecular flexibility index (Phi) is 5.85. The van der Waals surface area contributed by atoms with Crippen molar-refractivity contribution in [3.05, 3.63) is 0 Å². The summed E-state index contributed by atoms with van der Waals surface area (Å²) in [4.78, 5) is 22.5. The number of rotatable bonds is 5. The topological polar surface area (TPSA) is 87.7 Å². The molecule has 0 aromatic carbocycles. The molecule has 20 heavy (non-hydrogen) atoms. The second-order valence-corrected chi connectivity index (χ2v) is 5.75. The van der Waals surface area contributed by atoms with Crippen molar-refractivity contribution < 1.29 is 19.3 Å². The van der Waals surface area contributed by atoms with E-state index in [1.54, 1.807) is 0 Å². The van der Waals surface area contributed by atoms with Gasteiger partial charge in [0.2, 0.25) is 5.91 Å². The molecule has 6 nitrogen and oxygen atoms in total. The Labute approximate surface area is 119 Å². The fourth-order valence-electron chi connectivity index (χ4n) is 2.88. The molecule has 2 heterocycles. The average molecular weight is 282 g/mol. The molecule has 3 N–H and O–H groups in total. The van der Waals surface area contributed by atoms with Crippen LogP contribution in [-0.4, -0.2) is 49.1 Å². The summed E-state index contributed by atoms with van der Waals surface area (Å²) in [6.07, 6.45) is 5.30. The molecule has 0 saturated carbocycles. The zero-order valence-corrected chi connectivity index (χ0v) is 11.8. The number of carbonyl (C=O) groups is 2. The van der Waals surface area contributed by atoms with E-state index >= 15 is 0 Å². The Morgan fingerprint density at radius 2 is 2.10 bits per heavy atom. The molecule has 2 rings (SSSR count). The van der Waals surface area contributed by atoms with Crippen LogP contribution >= 0.6 is 0 Å². The predicted molar refractivity (Wildman–Crippen MR) is 75.7 cm³/mol. The van der Waals surface area contributed by atoms with Gasteiger partial charge >= 0.3 is 5.97 Å². The van der Waals surface area contributed by atoms with Gasteiger partial charge in [0.15, 0.2) is 0 Å². The fraction of sp³-hybridized carbons (Fsp3) is 0.846. The molecule has 0 aromatic rings. The van der Waals surface area contributed by atoms with Crippen molar-refractivity contribution in [3.8, 4) is 0 Å². The number of amides is 1. The van der Waals surface area contributed by atoms with Gasteiger partial charge in [0.25, 0.3) is 7.48 Å². The third-order valence-corrected chi connectivity index (χ3v) is 3.98. The van der Waals surface area contributed by atoms with Crippen LogP contribution in [0.2, 0.25) is 0 Å². The van der Waals surface area contributed by atoms with E-state index in [0.29, 0.717) is 26.4 Å². The highest BCUT2D eigenvalue weighted by Crippen LogP contribution is 2.16. The molecule has 0 radical (unpaired) electrons. The Bertz CT molecular complexity index is 339. The molecule has 7 heteroatoms. The van der Waals surface area contributed by atoms with E-state index in [1.807, 2.05) is 0 Å². The third-order valence-electron chi connectivity index (χ3n) is 3.98. The number of aliphatic carboxylic acids is 1. The molecule has 0 aromatic heterocycles. The zero-order chi connectivity index (χ0) is 14.4. The molecule has 0 bridgehead atoms. The highest BCUT2D eigenvalue weighted by molar-refractivity contribution is 6.30. The Balaban J connectivity index is 1.64. The lowest BCUT2D eigenvalue weighted by atomic mass is 9.79. The van der Waals surface area contributed by atoms with E-state index in [1.165, 1.54) is 12.8 Å². The average Bonchev–Trinajstić information content (AvgIpc) is 2.41. The second kappa shape index (κ2) is 7.64. The minimum atomic E-state index is -0.833. The maximum Gasteiger partial charge on any atom is 0.305 e. The van der Waals surface area contributed by atoms with Crippen LogP contribution in [-0.2, 0) is 14.2 Å². The van der Waals surface area contributed by atoms with Crippen molar-refractivity contribution in [1.29, 1.82) is 0 Å². The van der Waals surface area contributed by atoms with Gasteiger partial charge in [-0.2, -0.15) is 0 Å². The first-order valence-corrected chi connectivity index (χ1v) is 7.49. The number of carboxylic acid groups (broad SMARTS) is 1. The van der Waals surface area contributed by atoms with Gasteiger partial charge in [0.05, 0.1) is 12.5 Å². The molecule has 2 saturated heterocycles. The maximum atomic E-state index is 11.9. The van der Waals surface area contributed by atoms with E-state index < -0.39 is 5.97 Å². The molecule has 0 spiro atoms. The molecular weight excluding hydrogens is 259 g/mol. The molecule has 3 atom stereocenters. The summed E-state index contributed by atoms with van der Waals surface area (Å²) in [5.74, 6) is -0.744. The molecule has 2 aliphatic heterocycles. The fourth-order valence-corrected chi connectivity index (χ4v) is 2.88. The van der Waals surface area contributed by atoms with Crippen molar-refractivity contribution in [1.82, 2.24) is 10.6 Å². The largest absolute Gasteiger partial charge is 0.481 e. The molecular formula is C13H23BN2O4. The Morgan fingerprint density at radius 1 is 1.25 bits per heavy atom. The highest BCUT2D eigenvalue weighted by Gasteiger charge is 2.26. The monoisotopic (exact) mass is 282 g/mol. The summed E-state index contributed by atoms with van der Waals surface area (Å²) < 4.78 is 5.48. The summed E-state index contributed by atoms with van der Waals surface area (Å²) in [5, 5.41) is 15.0. The molecule has 112 valence electrons. The summed E-state index contributed by atoms with van der Waals surface area (Å²) >= 11 is 0. The molecule has 1 amide bonds. The van der Waals surface area contributed by atoms with Crippen molar-refractivity contribution in [2.75, 3.05) is 6.54 Å². The number of hydrogen-bond donors (Lipinski definition) is 3. The van der Waals surface area contributed by atoms with Crippen LogP contribution in [0.1, 0.15) is 44.9 Å². The van der Waals surface area contributed by atoms with Crippen LogP contribution in [0.4, 0.5) is 0 Å². The summed E-state index contributed by atoms with van der Waals surface area (Å²) in [5.41, 5.74) is 0. The van der Waals surface area contributed by atoms with Gasteiger partial charge in [-0.15, -0.1) is 0 Å². The summed E-state index contributed by atoms with van der Waals surface area (Å²) in [6.45, 7) is 1.00. The molecule has 0 unspecified atom stereocenters. The standard InChI is InChI=1S/C13H23BN2O4/c17-12(7-9-3-1-2-6-15-9)16-11-5-4-10(20-14-11)8-13(18)19/h9-11,14-15H,1-8H2,(H,16,17)(H,18,19)/t9-,10-,11-/m0/s1. The van der Waals surface area contributed by atoms with Crippen LogP contribution in [0.5, 0.6) is 0 Å². The van der Waals surface area contributed by atoms with Crippen LogP contribution in [0.25, 0.3) is 0 Å². The van der Waals surface area contributed by atoms with Gasteiger partial charge < -0.3 is 20.4 Å². The highest BCUT2D eigenvalue weighted by atomic mass is 16.4. The van der Waals surface area contributed by atoms with Gasteiger partial charge in [-0.1, -0.05) is 6.42 Å². The van der Waals surface area contributed by atoms with E-state index in [4.69, 9.17) is 9.76 Å². The first-order valence-electron chi connectivity index (χ1n) is 7.49. The van der Waals surface area contributed by atoms with E-state index in [2.05, 4.69) is 10.6 Å². The van der Waals surface area contributed by atoms with Gasteiger partial charge in [-0.05, 0) is 32.2 Å². The Hall–Kier alpha value is -1.08. The lowest BCUT2D eigenvalue weighted by molar-refractivity contribution is -0.139. The minimum absolute atomic E-state index is 0.0242. The van der Waals surface area contributed by atoms with Gasteiger partial charge in [0, 0.05) is 18.4 Å². The van der Waals surface area contributed by atoms with Crippen LogP contribution in [0.15, 0.2) is 0 Å². The first kappa shape index (κ1) is 15.3. The smallest absolute Gasteiger partial charge is 0.305 e. The van der Waals surface area contributed by atoms with Crippen LogP contribution in [0, 0.1) is 0 Å². The predicted octanol–water partition coefficient (Wildman–Crippen LogP) is -0.0339.